The molecule has 2 saturated heterocycles. The molecule has 0 aliphatic carbocycles. The first kappa shape index (κ1) is 61.7. The van der Waals surface area contributed by atoms with Crippen LogP contribution in [-0.4, -0.2) is 112 Å². The standard InChI is InChI=1S/C35H37F2N7O4S.C28H31F2N7O2/c1-4-14-43-15-11-22(12-16-43)23-7-10-28(30(18-23)48-3)40-35-41-33(39-29-20-24(36)19-27(37)31(29)32(38)45)26-13-17-44(34(26)42-35)49(46,47)25-8-5-21(2)6-9-25;1-3-10-37-11-7-16(8-12-37)17-4-5-21(23(13-17)39-2)34-28-35-26-19(6-9-32-26)27(36-28)33-22-15-18(29)14-20(30)24(22)25(31)38/h5-10,13,17-20,22H,4,11-12,14-16H2,1-3H3,(H2,38,45)(H2,39,40,41,42);4-6,9,13-16H,3,7-8,10-12H2,1-2H3,(H2,31,38)(H3,32,33,34,35,36). The number of benzene rings is 5. The molecule has 88 heavy (non-hydrogen) atoms. The average molecular weight is 1230 g/mol. The number of anilines is 8. The molecule has 4 aliphatic heterocycles. The lowest BCUT2D eigenvalue weighted by atomic mass is 9.89. The number of piperidine rings is 2. The Balaban J connectivity index is 0.000000199. The van der Waals surface area contributed by atoms with E-state index in [0.717, 1.165) is 98.6 Å². The van der Waals surface area contributed by atoms with Crippen LogP contribution in [0.2, 0.25) is 0 Å². The van der Waals surface area contributed by atoms with Crippen LogP contribution in [0.4, 0.5) is 63.8 Å². The number of hydrogen-bond donors (Lipinski definition) is 7. The molecule has 20 nitrogen and oxygen atoms in total. The van der Waals surface area contributed by atoms with Gasteiger partial charge in [0.1, 0.15) is 52.2 Å². The van der Waals surface area contributed by atoms with Crippen LogP contribution in [0.5, 0.6) is 11.5 Å². The number of aromatic nitrogens is 6. The van der Waals surface area contributed by atoms with Gasteiger partial charge >= 0.3 is 0 Å². The molecule has 0 spiro atoms. The Morgan fingerprint density at radius 1 is 0.636 bits per heavy atom. The maximum Gasteiger partial charge on any atom is 0.269 e. The summed E-state index contributed by atoms with van der Waals surface area (Å²) in [6.45, 7) is 12.7. The Morgan fingerprint density at radius 3 is 1.67 bits per heavy atom. The normalized spacial score (nSPS) is 14.3. The molecule has 0 bridgehead atoms. The number of fused-ring (bicyclic) bond motifs is 2. The zero-order chi connectivity index (χ0) is 62.4. The second-order valence-electron chi connectivity index (χ2n) is 21.7. The summed E-state index contributed by atoms with van der Waals surface area (Å²) in [6, 6.07) is 24.5. The van der Waals surface area contributed by atoms with Gasteiger partial charge in [-0.15, -0.1) is 0 Å². The van der Waals surface area contributed by atoms with Gasteiger partial charge in [-0.25, -0.2) is 34.9 Å². The number of carbonyl (C=O) groups is 2. The molecule has 9 N–H and O–H groups in total. The number of amides is 2. The van der Waals surface area contributed by atoms with Crippen LogP contribution < -0.4 is 42.2 Å². The lowest BCUT2D eigenvalue weighted by molar-refractivity contribution is 0.0988. The number of hydrogen-bond acceptors (Lipinski definition) is 16. The SMILES string of the molecule is CCCN1CCC(c2ccc(Nc3nc(Nc4cc(F)cc(F)c4C(N)=O)c4ccn(S(=O)(=O)c5ccc(C)cc5)c4n3)c(OC)c2)CC1.CCCN1CCC(c2ccc(Nc3nc(Nc4cc(F)cc(F)c4C(N)=O)c4ccnc-4[nH]3)c(OC)c2)CC1. The maximum absolute atomic E-state index is 14.7. The van der Waals surface area contributed by atoms with Gasteiger partial charge < -0.3 is 57.0 Å². The minimum atomic E-state index is -4.14. The number of aromatic amines is 1. The van der Waals surface area contributed by atoms with Gasteiger partial charge in [0, 0.05) is 24.5 Å². The van der Waals surface area contributed by atoms with Gasteiger partial charge in [0.05, 0.1) is 63.9 Å². The van der Waals surface area contributed by atoms with Gasteiger partial charge in [0.25, 0.3) is 21.8 Å². The highest BCUT2D eigenvalue weighted by atomic mass is 32.2. The van der Waals surface area contributed by atoms with Crippen molar-refractivity contribution in [3.8, 4) is 22.9 Å². The zero-order valence-corrected chi connectivity index (χ0v) is 50.0. The molecule has 2 fully saturated rings. The molecule has 2 amide bonds. The van der Waals surface area contributed by atoms with Gasteiger partial charge in [-0.1, -0.05) is 43.7 Å². The summed E-state index contributed by atoms with van der Waals surface area (Å²) in [5.41, 5.74) is 14.3. The number of ether oxygens (including phenoxy) is 2. The minimum absolute atomic E-state index is 0.0271. The molecular weight excluding hydrogens is 1160 g/mol. The fraction of sp³-hybridized carbons (Fsp3) is 0.302. The zero-order valence-electron chi connectivity index (χ0n) is 49.2. The van der Waals surface area contributed by atoms with Crippen LogP contribution in [0.1, 0.15) is 102 Å². The number of methoxy groups -OCH3 is 2. The van der Waals surface area contributed by atoms with E-state index in [9.17, 15) is 35.6 Å². The fourth-order valence-electron chi connectivity index (χ4n) is 11.3. The smallest absolute Gasteiger partial charge is 0.269 e. The maximum atomic E-state index is 14.7. The van der Waals surface area contributed by atoms with Gasteiger partial charge in [-0.3, -0.25) is 9.59 Å². The Kier molecular flexibility index (Phi) is 18.8. The largest absolute Gasteiger partial charge is 0.495 e. The molecule has 4 aliphatic rings. The van der Waals surface area contributed by atoms with Crippen molar-refractivity contribution in [2.24, 2.45) is 11.5 Å². The van der Waals surface area contributed by atoms with Crippen LogP contribution >= 0.6 is 0 Å². The number of nitrogens with two attached hydrogens (primary N) is 2. The van der Waals surface area contributed by atoms with E-state index in [1.807, 2.05) is 31.2 Å². The minimum Gasteiger partial charge on any atom is -0.495 e. The first-order valence-electron chi connectivity index (χ1n) is 28.9. The monoisotopic (exact) mass is 1220 g/mol. The van der Waals surface area contributed by atoms with E-state index in [1.165, 1.54) is 36.4 Å². The van der Waals surface area contributed by atoms with Crippen molar-refractivity contribution in [2.75, 3.05) is 74.8 Å². The molecule has 460 valence electrons. The Hall–Kier alpha value is -9.33. The number of H-pyrrole nitrogens is 1. The second-order valence-corrected chi connectivity index (χ2v) is 23.5. The number of primary amides is 2. The van der Waals surface area contributed by atoms with E-state index < -0.39 is 56.2 Å². The highest BCUT2D eigenvalue weighted by molar-refractivity contribution is 7.90. The van der Waals surface area contributed by atoms with E-state index in [-0.39, 0.29) is 44.9 Å². The highest BCUT2D eigenvalue weighted by Crippen LogP contribution is 2.40. The van der Waals surface area contributed by atoms with Crippen molar-refractivity contribution in [1.82, 2.24) is 38.7 Å². The summed E-state index contributed by atoms with van der Waals surface area (Å²) in [7, 11) is -0.978. The fourth-order valence-corrected chi connectivity index (χ4v) is 12.6. The Morgan fingerprint density at radius 2 is 1.16 bits per heavy atom. The topological polar surface area (TPSA) is 266 Å². The summed E-state index contributed by atoms with van der Waals surface area (Å²) in [5, 5.41) is 12.2. The summed E-state index contributed by atoms with van der Waals surface area (Å²) >= 11 is 0. The van der Waals surface area contributed by atoms with Crippen LogP contribution in [0.15, 0.2) is 114 Å². The molecular formula is C63H68F4N14O6S. The predicted molar refractivity (Wildman–Crippen MR) is 331 cm³/mol. The van der Waals surface area contributed by atoms with Crippen LogP contribution in [0, 0.1) is 30.2 Å². The number of nitrogens with zero attached hydrogens (tertiary/aromatic N) is 7. The van der Waals surface area contributed by atoms with Gasteiger partial charge in [0.15, 0.2) is 5.65 Å². The lowest BCUT2D eigenvalue weighted by Gasteiger charge is -2.32. The first-order valence-corrected chi connectivity index (χ1v) is 30.3. The number of aryl methyl sites for hydroxylation is 1. The van der Waals surface area contributed by atoms with Crippen molar-refractivity contribution < 1.29 is 45.0 Å². The third-order valence-electron chi connectivity index (χ3n) is 15.8. The Bertz CT molecular complexity index is 4090. The molecule has 0 radical (unpaired) electrons. The van der Waals surface area contributed by atoms with E-state index in [1.54, 1.807) is 38.6 Å². The predicted octanol–water partition coefficient (Wildman–Crippen LogP) is 11.8. The Labute approximate surface area is 506 Å². The molecule has 7 aromatic rings. The summed E-state index contributed by atoms with van der Waals surface area (Å²) < 4.78 is 97.5. The number of rotatable bonds is 20. The summed E-state index contributed by atoms with van der Waals surface area (Å²) in [6.07, 6.45) is 9.44. The molecule has 0 unspecified atom stereocenters. The number of likely N-dealkylation sites (tertiary alicyclic amines) is 2. The summed E-state index contributed by atoms with van der Waals surface area (Å²) in [5.74, 6) is -3.28. The van der Waals surface area contributed by atoms with Crippen molar-refractivity contribution in [3.63, 3.8) is 0 Å². The number of carbonyl (C=O) groups excluding carboxylic acids is 2. The number of nitrogens with one attached hydrogen (secondary N) is 5. The van der Waals surface area contributed by atoms with E-state index >= 15 is 0 Å². The molecule has 0 saturated carbocycles. The van der Waals surface area contributed by atoms with Gasteiger partial charge in [-0.05, 0) is 168 Å². The molecule has 2 aromatic heterocycles. The third-order valence-corrected chi connectivity index (χ3v) is 17.4. The number of halogens is 4. The summed E-state index contributed by atoms with van der Waals surface area (Å²) in [4.78, 5) is 50.1. The van der Waals surface area contributed by atoms with Crippen LogP contribution in [0.3, 0.4) is 0 Å². The molecule has 0 atom stereocenters. The quantitative estimate of drug-likeness (QED) is 0.0350. The van der Waals surface area contributed by atoms with Crippen LogP contribution in [-0.2, 0) is 10.0 Å². The first-order chi connectivity index (χ1) is 42.3. The van der Waals surface area contributed by atoms with Crippen LogP contribution in [0.25, 0.3) is 22.4 Å². The molecule has 6 heterocycles. The van der Waals surface area contributed by atoms with Gasteiger partial charge in [0.2, 0.25) is 11.9 Å². The average Bonchev–Trinajstić information content (AvgIpc) is 4.32. The van der Waals surface area contributed by atoms with Crippen molar-refractivity contribution >= 4 is 79.2 Å². The van der Waals surface area contributed by atoms with Crippen molar-refractivity contribution in [2.45, 2.75) is 76.0 Å². The van der Waals surface area contributed by atoms with Crippen molar-refractivity contribution in [3.05, 3.63) is 161 Å². The second kappa shape index (κ2) is 26.7. The van der Waals surface area contributed by atoms with E-state index in [2.05, 4.69) is 82.0 Å². The molecule has 25 heteroatoms. The molecule has 11 rings (SSSR count). The third kappa shape index (κ3) is 13.6. The van der Waals surface area contributed by atoms with E-state index in [0.29, 0.717) is 64.2 Å². The lowest BCUT2D eigenvalue weighted by Crippen LogP contribution is -2.33. The highest BCUT2D eigenvalue weighted by Gasteiger charge is 2.28. The van der Waals surface area contributed by atoms with E-state index in [4.69, 9.17) is 20.9 Å². The van der Waals surface area contributed by atoms with Gasteiger partial charge in [-0.2, -0.15) is 15.0 Å². The molecule has 5 aromatic carbocycles. The van der Waals surface area contributed by atoms with Crippen molar-refractivity contribution in [1.29, 1.82) is 0 Å².